The van der Waals surface area contributed by atoms with E-state index in [1.807, 2.05) is 6.92 Å². The summed E-state index contributed by atoms with van der Waals surface area (Å²) in [5, 5.41) is 12.8. The Hall–Kier alpha value is -0.610. The number of nitrogens with zero attached hydrogens (tertiary/aromatic N) is 1. The predicted octanol–water partition coefficient (Wildman–Crippen LogP) is 1.78. The molecule has 0 aromatic carbocycles. The first-order valence-corrected chi connectivity index (χ1v) is 8.32. The number of likely N-dealkylation sites (tertiary alicyclic amines) is 1. The Bertz CT molecular complexity index is 301. The molecule has 0 bridgehead atoms. The Morgan fingerprint density at radius 1 is 1.25 bits per heavy atom. The van der Waals surface area contributed by atoms with E-state index in [4.69, 9.17) is 0 Å². The van der Waals surface area contributed by atoms with Crippen molar-refractivity contribution in [2.75, 3.05) is 26.2 Å². The average molecular weight is 282 g/mol. The fraction of sp³-hybridized carbons (Fsp3) is 0.938. The van der Waals surface area contributed by atoms with Gasteiger partial charge in [0.1, 0.15) is 0 Å². The number of hydrogen-bond donors (Lipinski definition) is 2. The van der Waals surface area contributed by atoms with Crippen LogP contribution in [-0.2, 0) is 4.79 Å². The molecule has 2 rings (SSSR count). The number of hydrogen-bond acceptors (Lipinski definition) is 3. The highest BCUT2D eigenvalue weighted by Gasteiger charge is 2.24. The molecule has 1 saturated carbocycles. The maximum atomic E-state index is 12.0. The molecule has 2 aliphatic rings. The summed E-state index contributed by atoms with van der Waals surface area (Å²) in [6.07, 6.45) is 8.46. The number of nitrogens with one attached hydrogen (secondary N) is 1. The molecule has 0 spiro atoms. The minimum Gasteiger partial charge on any atom is -0.393 e. The lowest BCUT2D eigenvalue weighted by molar-refractivity contribution is -0.123. The third kappa shape index (κ3) is 5.06. The van der Waals surface area contributed by atoms with Crippen molar-refractivity contribution in [3.05, 3.63) is 0 Å². The molecule has 0 radical (unpaired) electrons. The van der Waals surface area contributed by atoms with E-state index in [0.717, 1.165) is 32.5 Å². The van der Waals surface area contributed by atoms with Gasteiger partial charge in [0.2, 0.25) is 5.91 Å². The summed E-state index contributed by atoms with van der Waals surface area (Å²) in [5.41, 5.74) is 0. The maximum Gasteiger partial charge on any atom is 0.234 e. The van der Waals surface area contributed by atoms with Gasteiger partial charge < -0.3 is 10.4 Å². The molecule has 20 heavy (non-hydrogen) atoms. The first kappa shape index (κ1) is 15.8. The molecule has 2 N–H and O–H groups in total. The Morgan fingerprint density at radius 3 is 2.70 bits per heavy atom. The Kier molecular flexibility index (Phi) is 6.30. The van der Waals surface area contributed by atoms with Gasteiger partial charge in [0.25, 0.3) is 0 Å². The monoisotopic (exact) mass is 282 g/mol. The molecule has 1 saturated heterocycles. The SMILES string of the molecule is CC(O)C1CCCN(CC(=O)NCC2CCCCC2)C1. The lowest BCUT2D eigenvalue weighted by Gasteiger charge is -2.33. The Labute approximate surface area is 122 Å². The van der Waals surface area contributed by atoms with Gasteiger partial charge in [0, 0.05) is 13.1 Å². The summed E-state index contributed by atoms with van der Waals surface area (Å²) in [5.74, 6) is 1.18. The first-order valence-electron chi connectivity index (χ1n) is 8.32. The zero-order chi connectivity index (χ0) is 14.4. The van der Waals surface area contributed by atoms with Gasteiger partial charge >= 0.3 is 0 Å². The standard InChI is InChI=1S/C16H30N2O2/c1-13(19)15-8-5-9-18(11-15)12-16(20)17-10-14-6-3-2-4-7-14/h13-15,19H,2-12H2,1H3,(H,17,20). The highest BCUT2D eigenvalue weighted by Crippen LogP contribution is 2.23. The third-order valence-corrected chi connectivity index (χ3v) is 4.90. The van der Waals surface area contributed by atoms with Crippen molar-refractivity contribution < 1.29 is 9.90 Å². The highest BCUT2D eigenvalue weighted by atomic mass is 16.3. The molecule has 1 aliphatic carbocycles. The lowest BCUT2D eigenvalue weighted by atomic mass is 9.89. The van der Waals surface area contributed by atoms with Gasteiger partial charge in [-0.2, -0.15) is 0 Å². The molecule has 2 fully saturated rings. The van der Waals surface area contributed by atoms with Crippen LogP contribution in [0.1, 0.15) is 51.9 Å². The van der Waals surface area contributed by atoms with Gasteiger partial charge in [0.15, 0.2) is 0 Å². The number of carbonyl (C=O) groups excluding carboxylic acids is 1. The van der Waals surface area contributed by atoms with E-state index in [1.165, 1.54) is 32.1 Å². The molecule has 1 heterocycles. The molecule has 116 valence electrons. The van der Waals surface area contributed by atoms with Crippen molar-refractivity contribution in [1.82, 2.24) is 10.2 Å². The van der Waals surface area contributed by atoms with Crippen LogP contribution in [0.15, 0.2) is 0 Å². The average Bonchev–Trinajstić information content (AvgIpc) is 2.46. The molecule has 4 nitrogen and oxygen atoms in total. The summed E-state index contributed by atoms with van der Waals surface area (Å²) in [4.78, 5) is 14.2. The van der Waals surface area contributed by atoms with Gasteiger partial charge in [-0.1, -0.05) is 19.3 Å². The normalized spacial score (nSPS) is 27.2. The number of amides is 1. The molecule has 0 aromatic heterocycles. The lowest BCUT2D eigenvalue weighted by Crippen LogP contribution is -2.45. The van der Waals surface area contributed by atoms with Gasteiger partial charge in [-0.3, -0.25) is 9.69 Å². The first-order chi connectivity index (χ1) is 9.65. The van der Waals surface area contributed by atoms with Gasteiger partial charge in [-0.25, -0.2) is 0 Å². The van der Waals surface area contributed by atoms with E-state index in [2.05, 4.69) is 10.2 Å². The van der Waals surface area contributed by atoms with Crippen molar-refractivity contribution in [1.29, 1.82) is 0 Å². The molecule has 0 aromatic rings. The fourth-order valence-electron chi connectivity index (χ4n) is 3.54. The van der Waals surface area contributed by atoms with Crippen LogP contribution in [0.5, 0.6) is 0 Å². The Morgan fingerprint density at radius 2 is 2.00 bits per heavy atom. The van der Waals surface area contributed by atoms with E-state index in [-0.39, 0.29) is 12.0 Å². The van der Waals surface area contributed by atoms with Gasteiger partial charge in [-0.15, -0.1) is 0 Å². The number of aliphatic hydroxyl groups is 1. The number of piperidine rings is 1. The smallest absolute Gasteiger partial charge is 0.234 e. The van der Waals surface area contributed by atoms with Crippen LogP contribution in [0.25, 0.3) is 0 Å². The van der Waals surface area contributed by atoms with E-state index in [9.17, 15) is 9.90 Å². The van der Waals surface area contributed by atoms with Crippen LogP contribution < -0.4 is 5.32 Å². The van der Waals surface area contributed by atoms with Crippen molar-refractivity contribution in [3.8, 4) is 0 Å². The van der Waals surface area contributed by atoms with E-state index < -0.39 is 0 Å². The summed E-state index contributed by atoms with van der Waals surface area (Å²) in [6.45, 7) is 5.05. The van der Waals surface area contributed by atoms with E-state index >= 15 is 0 Å². The molecular weight excluding hydrogens is 252 g/mol. The zero-order valence-corrected chi connectivity index (χ0v) is 12.8. The molecule has 4 heteroatoms. The fourth-order valence-corrected chi connectivity index (χ4v) is 3.54. The van der Waals surface area contributed by atoms with Crippen molar-refractivity contribution in [2.45, 2.75) is 58.0 Å². The molecule has 1 aliphatic heterocycles. The van der Waals surface area contributed by atoms with Crippen molar-refractivity contribution in [3.63, 3.8) is 0 Å². The van der Waals surface area contributed by atoms with Crippen LogP contribution in [0.2, 0.25) is 0 Å². The van der Waals surface area contributed by atoms with Crippen LogP contribution in [0.4, 0.5) is 0 Å². The minimum atomic E-state index is -0.261. The number of rotatable bonds is 5. The summed E-state index contributed by atoms with van der Waals surface area (Å²) < 4.78 is 0. The van der Waals surface area contributed by atoms with Crippen LogP contribution in [0, 0.1) is 11.8 Å². The summed E-state index contributed by atoms with van der Waals surface area (Å²) >= 11 is 0. The minimum absolute atomic E-state index is 0.154. The van der Waals surface area contributed by atoms with Crippen molar-refractivity contribution in [2.24, 2.45) is 11.8 Å². The largest absolute Gasteiger partial charge is 0.393 e. The van der Waals surface area contributed by atoms with Crippen LogP contribution in [0.3, 0.4) is 0 Å². The number of carbonyl (C=O) groups is 1. The van der Waals surface area contributed by atoms with Crippen molar-refractivity contribution >= 4 is 5.91 Å². The number of aliphatic hydroxyl groups excluding tert-OH is 1. The topological polar surface area (TPSA) is 52.6 Å². The molecular formula is C16H30N2O2. The maximum absolute atomic E-state index is 12.0. The quantitative estimate of drug-likeness (QED) is 0.808. The van der Waals surface area contributed by atoms with E-state index in [0.29, 0.717) is 18.4 Å². The molecule has 1 amide bonds. The third-order valence-electron chi connectivity index (χ3n) is 4.90. The Balaban J connectivity index is 1.65. The molecule has 2 unspecified atom stereocenters. The van der Waals surface area contributed by atoms with Gasteiger partial charge in [-0.05, 0) is 51.0 Å². The van der Waals surface area contributed by atoms with Crippen LogP contribution >= 0.6 is 0 Å². The molecule has 2 atom stereocenters. The summed E-state index contributed by atoms with van der Waals surface area (Å²) in [7, 11) is 0. The summed E-state index contributed by atoms with van der Waals surface area (Å²) in [6, 6.07) is 0. The second kappa shape index (κ2) is 7.99. The second-order valence-corrected chi connectivity index (χ2v) is 6.69. The predicted molar refractivity (Wildman–Crippen MR) is 80.4 cm³/mol. The van der Waals surface area contributed by atoms with E-state index in [1.54, 1.807) is 0 Å². The van der Waals surface area contributed by atoms with Crippen LogP contribution in [-0.4, -0.2) is 48.2 Å². The van der Waals surface area contributed by atoms with Gasteiger partial charge in [0.05, 0.1) is 12.6 Å². The second-order valence-electron chi connectivity index (χ2n) is 6.69. The highest BCUT2D eigenvalue weighted by molar-refractivity contribution is 5.78. The zero-order valence-electron chi connectivity index (χ0n) is 12.8.